The van der Waals surface area contributed by atoms with Gasteiger partial charge < -0.3 is 24.4 Å². The minimum Gasteiger partial charge on any atom is -0.473 e. The number of rotatable bonds is 11. The highest BCUT2D eigenvalue weighted by molar-refractivity contribution is 5.72. The number of nitrogens with zero attached hydrogens (tertiary/aromatic N) is 2. The average Bonchev–Trinajstić information content (AvgIpc) is 3.03. The van der Waals surface area contributed by atoms with E-state index in [1.54, 1.807) is 0 Å². The lowest BCUT2D eigenvalue weighted by atomic mass is 9.93. The first-order valence-electron chi connectivity index (χ1n) is 15.5. The van der Waals surface area contributed by atoms with Crippen molar-refractivity contribution in [2.75, 3.05) is 25.0 Å². The van der Waals surface area contributed by atoms with Gasteiger partial charge in [-0.15, -0.1) is 0 Å². The summed E-state index contributed by atoms with van der Waals surface area (Å²) < 4.78 is 17.8. The van der Waals surface area contributed by atoms with E-state index in [2.05, 4.69) is 29.6 Å². The summed E-state index contributed by atoms with van der Waals surface area (Å²) in [6.45, 7) is 8.93. The van der Waals surface area contributed by atoms with Gasteiger partial charge in [-0.1, -0.05) is 72.8 Å². The number of carbonyl (C=O) groups excluding carboxylic acids is 1. The minimum absolute atomic E-state index is 0.205. The molecule has 0 atom stereocenters. The molecule has 1 aliphatic heterocycles. The first kappa shape index (κ1) is 30.9. The molecule has 1 amide bonds. The zero-order valence-electron chi connectivity index (χ0n) is 26.0. The van der Waals surface area contributed by atoms with E-state index in [9.17, 15) is 4.79 Å². The molecule has 0 radical (unpaired) electrons. The number of anilines is 1. The van der Waals surface area contributed by atoms with Crippen LogP contribution >= 0.6 is 0 Å². The standard InChI is InChI=1S/C37H43N3O4/c1-37(2,3)44-36(41)40-23-20-28(21-24-40)19-22-38-32-16-10-15-31(25-32)33-17-18-34(42-26-29-11-6-4-7-12-29)39-35(33)43-27-30-13-8-5-9-14-30/h4-18,25,28,38H,19-24,26-27H2,1-3H3. The van der Waals surface area contributed by atoms with Gasteiger partial charge in [0.15, 0.2) is 0 Å². The maximum atomic E-state index is 12.4. The van der Waals surface area contributed by atoms with Crippen molar-refractivity contribution in [1.29, 1.82) is 0 Å². The molecular weight excluding hydrogens is 550 g/mol. The van der Waals surface area contributed by atoms with Gasteiger partial charge in [-0.2, -0.15) is 4.98 Å². The number of amides is 1. The molecule has 0 saturated carbocycles. The monoisotopic (exact) mass is 593 g/mol. The Kier molecular flexibility index (Phi) is 10.4. The molecule has 44 heavy (non-hydrogen) atoms. The fourth-order valence-electron chi connectivity index (χ4n) is 5.24. The Morgan fingerprint density at radius 1 is 0.841 bits per heavy atom. The Balaban J connectivity index is 1.21. The van der Waals surface area contributed by atoms with Crippen molar-refractivity contribution >= 4 is 11.8 Å². The van der Waals surface area contributed by atoms with Gasteiger partial charge in [0, 0.05) is 37.0 Å². The normalized spacial score (nSPS) is 13.8. The quantitative estimate of drug-likeness (QED) is 0.188. The van der Waals surface area contributed by atoms with Crippen molar-refractivity contribution in [3.63, 3.8) is 0 Å². The van der Waals surface area contributed by atoms with E-state index < -0.39 is 5.60 Å². The fourth-order valence-corrected chi connectivity index (χ4v) is 5.24. The molecule has 1 fully saturated rings. The second kappa shape index (κ2) is 14.8. The fraction of sp³-hybridized carbons (Fsp3) is 0.351. The van der Waals surface area contributed by atoms with E-state index in [0.29, 0.717) is 30.9 Å². The van der Waals surface area contributed by atoms with Gasteiger partial charge >= 0.3 is 6.09 Å². The van der Waals surface area contributed by atoms with Gasteiger partial charge in [0.25, 0.3) is 0 Å². The number of ether oxygens (including phenoxy) is 3. The molecule has 0 spiro atoms. The van der Waals surface area contributed by atoms with Crippen molar-refractivity contribution in [2.24, 2.45) is 5.92 Å². The zero-order valence-corrected chi connectivity index (χ0v) is 26.0. The van der Waals surface area contributed by atoms with Crippen LogP contribution in [0.5, 0.6) is 11.8 Å². The molecular formula is C37H43N3O4. The number of nitrogens with one attached hydrogen (secondary N) is 1. The van der Waals surface area contributed by atoms with Crippen LogP contribution in [-0.4, -0.2) is 41.2 Å². The Bertz CT molecular complexity index is 1480. The van der Waals surface area contributed by atoms with Crippen LogP contribution in [0.2, 0.25) is 0 Å². The topological polar surface area (TPSA) is 72.9 Å². The summed E-state index contributed by atoms with van der Waals surface area (Å²) in [5, 5.41) is 3.60. The van der Waals surface area contributed by atoms with Gasteiger partial charge in [-0.25, -0.2) is 4.79 Å². The lowest BCUT2D eigenvalue weighted by Crippen LogP contribution is -2.41. The molecule has 3 aromatic carbocycles. The highest BCUT2D eigenvalue weighted by Crippen LogP contribution is 2.33. The van der Waals surface area contributed by atoms with Crippen molar-refractivity contribution in [3.05, 3.63) is 108 Å². The molecule has 1 saturated heterocycles. The summed E-state index contributed by atoms with van der Waals surface area (Å²) in [6.07, 6.45) is 2.83. The third-order valence-corrected chi connectivity index (χ3v) is 7.60. The Labute approximate surface area is 261 Å². The highest BCUT2D eigenvalue weighted by atomic mass is 16.6. The molecule has 230 valence electrons. The minimum atomic E-state index is -0.463. The van der Waals surface area contributed by atoms with E-state index in [-0.39, 0.29) is 6.09 Å². The van der Waals surface area contributed by atoms with Crippen LogP contribution in [0.3, 0.4) is 0 Å². The van der Waals surface area contributed by atoms with E-state index >= 15 is 0 Å². The molecule has 5 rings (SSSR count). The van der Waals surface area contributed by atoms with Gasteiger partial charge in [0.2, 0.25) is 11.8 Å². The maximum Gasteiger partial charge on any atom is 0.410 e. The molecule has 1 aromatic heterocycles. The van der Waals surface area contributed by atoms with E-state index in [1.165, 1.54) is 0 Å². The van der Waals surface area contributed by atoms with Crippen LogP contribution in [0.4, 0.5) is 10.5 Å². The number of piperidine rings is 1. The summed E-state index contributed by atoms with van der Waals surface area (Å²) in [5.41, 5.74) is 4.67. The summed E-state index contributed by atoms with van der Waals surface area (Å²) in [7, 11) is 0. The molecule has 4 aromatic rings. The Morgan fingerprint density at radius 3 is 2.16 bits per heavy atom. The van der Waals surface area contributed by atoms with Crippen LogP contribution in [0.1, 0.15) is 51.2 Å². The van der Waals surface area contributed by atoms with Gasteiger partial charge in [-0.05, 0) is 80.8 Å². The smallest absolute Gasteiger partial charge is 0.410 e. The van der Waals surface area contributed by atoms with Crippen molar-refractivity contribution < 1.29 is 19.0 Å². The second-order valence-electron chi connectivity index (χ2n) is 12.3. The van der Waals surface area contributed by atoms with Crippen LogP contribution in [0.25, 0.3) is 11.1 Å². The molecule has 2 heterocycles. The van der Waals surface area contributed by atoms with Crippen LogP contribution < -0.4 is 14.8 Å². The van der Waals surface area contributed by atoms with E-state index in [4.69, 9.17) is 19.2 Å². The highest BCUT2D eigenvalue weighted by Gasteiger charge is 2.26. The van der Waals surface area contributed by atoms with Gasteiger partial charge in [-0.3, -0.25) is 0 Å². The maximum absolute atomic E-state index is 12.4. The average molecular weight is 594 g/mol. The summed E-state index contributed by atoms with van der Waals surface area (Å²) >= 11 is 0. The van der Waals surface area contributed by atoms with Crippen LogP contribution in [0.15, 0.2) is 97.1 Å². The lowest BCUT2D eigenvalue weighted by molar-refractivity contribution is 0.0182. The lowest BCUT2D eigenvalue weighted by Gasteiger charge is -2.33. The van der Waals surface area contributed by atoms with E-state index in [1.807, 2.05) is 98.5 Å². The molecule has 0 unspecified atom stereocenters. The Morgan fingerprint density at radius 2 is 1.50 bits per heavy atom. The number of aromatic nitrogens is 1. The van der Waals surface area contributed by atoms with Crippen molar-refractivity contribution in [1.82, 2.24) is 9.88 Å². The first-order valence-corrected chi connectivity index (χ1v) is 15.5. The van der Waals surface area contributed by atoms with E-state index in [0.717, 1.165) is 66.8 Å². The molecule has 0 bridgehead atoms. The van der Waals surface area contributed by atoms with Crippen LogP contribution in [-0.2, 0) is 18.0 Å². The predicted octanol–water partition coefficient (Wildman–Crippen LogP) is 8.36. The summed E-state index contributed by atoms with van der Waals surface area (Å²) in [6, 6.07) is 32.4. The Hall–Kier alpha value is -4.52. The number of hydrogen-bond acceptors (Lipinski definition) is 6. The third kappa shape index (κ3) is 9.24. The van der Waals surface area contributed by atoms with Crippen molar-refractivity contribution in [3.8, 4) is 22.9 Å². The second-order valence-corrected chi connectivity index (χ2v) is 12.3. The van der Waals surface area contributed by atoms with Gasteiger partial charge in [0.1, 0.15) is 18.8 Å². The number of likely N-dealkylation sites (tertiary alicyclic amines) is 1. The molecule has 7 heteroatoms. The number of carbonyl (C=O) groups is 1. The predicted molar refractivity (Wildman–Crippen MR) is 175 cm³/mol. The molecule has 1 N–H and O–H groups in total. The third-order valence-electron chi connectivity index (χ3n) is 7.60. The van der Waals surface area contributed by atoms with Crippen LogP contribution in [0, 0.1) is 5.92 Å². The summed E-state index contributed by atoms with van der Waals surface area (Å²) in [5.74, 6) is 1.64. The molecule has 0 aliphatic carbocycles. The van der Waals surface area contributed by atoms with Crippen molar-refractivity contribution in [2.45, 2.75) is 58.8 Å². The largest absolute Gasteiger partial charge is 0.473 e. The zero-order chi connectivity index (χ0) is 30.8. The number of pyridine rings is 1. The number of benzene rings is 3. The SMILES string of the molecule is CC(C)(C)OC(=O)N1CCC(CCNc2cccc(-c3ccc(OCc4ccccc4)nc3OCc3ccccc3)c2)CC1. The molecule has 1 aliphatic rings. The first-order chi connectivity index (χ1) is 21.3. The molecule has 7 nitrogen and oxygen atoms in total. The number of hydrogen-bond donors (Lipinski definition) is 1. The summed E-state index contributed by atoms with van der Waals surface area (Å²) in [4.78, 5) is 19.0. The van der Waals surface area contributed by atoms with Gasteiger partial charge in [0.05, 0.1) is 0 Å².